The summed E-state index contributed by atoms with van der Waals surface area (Å²) in [5, 5.41) is 19.5. The van der Waals surface area contributed by atoms with E-state index in [0.29, 0.717) is 10.6 Å². The lowest BCUT2D eigenvalue weighted by molar-refractivity contribution is 0.449. The summed E-state index contributed by atoms with van der Waals surface area (Å²) in [7, 11) is 0. The molecule has 2 rings (SSSR count). The third kappa shape index (κ3) is 6.27. The lowest BCUT2D eigenvalue weighted by Crippen LogP contribution is -2.33. The highest BCUT2D eigenvalue weighted by Gasteiger charge is 2.23. The zero-order chi connectivity index (χ0) is 18.8. The predicted octanol–water partition coefficient (Wildman–Crippen LogP) is 5.41. The normalized spacial score (nSPS) is 13.9. The van der Waals surface area contributed by atoms with E-state index in [9.17, 15) is 10.2 Å². The van der Waals surface area contributed by atoms with E-state index in [2.05, 4.69) is 11.9 Å². The average molecular weight is 377 g/mol. The number of benzene rings is 1. The minimum absolute atomic E-state index is 0.0179. The molecular weight excluding hydrogens is 344 g/mol. The molecule has 0 atom stereocenters. The molecule has 1 heterocycles. The van der Waals surface area contributed by atoms with Gasteiger partial charge < -0.3 is 15.1 Å². The number of amidine groups is 1. The van der Waals surface area contributed by atoms with Crippen LogP contribution in [0.3, 0.4) is 0 Å². The van der Waals surface area contributed by atoms with E-state index in [0.717, 1.165) is 31.8 Å². The van der Waals surface area contributed by atoms with Crippen molar-refractivity contribution in [2.45, 2.75) is 71.1 Å². The van der Waals surface area contributed by atoms with Crippen molar-refractivity contribution in [1.82, 2.24) is 4.90 Å². The molecule has 26 heavy (non-hydrogen) atoms. The minimum atomic E-state index is 0.0179. The molecule has 0 amide bonds. The van der Waals surface area contributed by atoms with Crippen LogP contribution >= 0.6 is 12.2 Å². The first-order valence-corrected chi connectivity index (χ1v) is 10.4. The molecule has 0 unspecified atom stereocenters. The predicted molar refractivity (Wildman–Crippen MR) is 112 cm³/mol. The maximum atomic E-state index is 10.0. The largest absolute Gasteiger partial charge is 0.508 e. The molecule has 2 N–H and O–H groups in total. The van der Waals surface area contributed by atoms with Gasteiger partial charge in [-0.2, -0.15) is 0 Å². The molecule has 0 saturated carbocycles. The maximum Gasteiger partial charge on any atom is 0.129 e. The molecule has 1 aliphatic rings. The molecule has 0 bridgehead atoms. The van der Waals surface area contributed by atoms with Gasteiger partial charge in [0.2, 0.25) is 0 Å². The van der Waals surface area contributed by atoms with Crippen molar-refractivity contribution in [2.75, 3.05) is 13.1 Å². The van der Waals surface area contributed by atoms with Gasteiger partial charge in [0.1, 0.15) is 22.3 Å². The third-order valence-electron chi connectivity index (χ3n) is 4.89. The molecule has 4 nitrogen and oxygen atoms in total. The summed E-state index contributed by atoms with van der Waals surface area (Å²) < 4.78 is 0. The summed E-state index contributed by atoms with van der Waals surface area (Å²) in [4.78, 5) is 7.23. The van der Waals surface area contributed by atoms with E-state index in [4.69, 9.17) is 12.2 Å². The number of nitrogens with zero attached hydrogens (tertiary/aromatic N) is 2. The van der Waals surface area contributed by atoms with Gasteiger partial charge in [-0.1, -0.05) is 70.5 Å². The fraction of sp³-hybridized carbons (Fsp3) is 0.619. The Morgan fingerprint density at radius 2 is 1.69 bits per heavy atom. The first-order chi connectivity index (χ1) is 12.6. The van der Waals surface area contributed by atoms with Gasteiger partial charge in [0.15, 0.2) is 0 Å². The Morgan fingerprint density at radius 3 is 2.35 bits per heavy atom. The Bertz CT molecular complexity index is 616. The Kier molecular flexibility index (Phi) is 8.89. The third-order valence-corrected chi connectivity index (χ3v) is 5.33. The van der Waals surface area contributed by atoms with Crippen molar-refractivity contribution in [3.05, 3.63) is 23.8 Å². The molecule has 0 aromatic heterocycles. The molecule has 0 radical (unpaired) electrons. The Hall–Kier alpha value is -1.62. The smallest absolute Gasteiger partial charge is 0.129 e. The van der Waals surface area contributed by atoms with Gasteiger partial charge in [-0.3, -0.25) is 4.99 Å². The standard InChI is InChI=1S/C21H32N2O2S/c1-2-3-4-5-6-7-8-9-10-11-20-22-14-15-23(20)21(26)18-13-12-17(24)16-19(18)25/h12-13,16,24-25H,2-11,14-15H2,1H3. The number of unbranched alkanes of at least 4 members (excludes halogenated alkanes) is 8. The zero-order valence-corrected chi connectivity index (χ0v) is 16.7. The topological polar surface area (TPSA) is 56.1 Å². The van der Waals surface area contributed by atoms with Crippen LogP contribution in [0.1, 0.15) is 76.7 Å². The first kappa shape index (κ1) is 20.7. The highest BCUT2D eigenvalue weighted by atomic mass is 32.1. The number of rotatable bonds is 11. The van der Waals surface area contributed by atoms with Crippen LogP contribution in [0.4, 0.5) is 0 Å². The van der Waals surface area contributed by atoms with E-state index < -0.39 is 0 Å². The lowest BCUT2D eigenvalue weighted by Gasteiger charge is -2.22. The number of phenols is 2. The van der Waals surface area contributed by atoms with Crippen LogP contribution in [-0.4, -0.2) is 39.0 Å². The number of hydrogen-bond donors (Lipinski definition) is 2. The van der Waals surface area contributed by atoms with Crippen LogP contribution in [0, 0.1) is 0 Å². The monoisotopic (exact) mass is 376 g/mol. The van der Waals surface area contributed by atoms with Crippen molar-refractivity contribution in [3.63, 3.8) is 0 Å². The van der Waals surface area contributed by atoms with Crippen LogP contribution in [0.15, 0.2) is 23.2 Å². The fourth-order valence-corrected chi connectivity index (χ4v) is 3.74. The minimum Gasteiger partial charge on any atom is -0.508 e. The highest BCUT2D eigenvalue weighted by molar-refractivity contribution is 7.80. The second-order valence-corrected chi connectivity index (χ2v) is 7.42. The summed E-state index contributed by atoms with van der Waals surface area (Å²) in [5.74, 6) is 1.09. The molecular formula is C21H32N2O2S. The summed E-state index contributed by atoms with van der Waals surface area (Å²) in [6.45, 7) is 3.78. The van der Waals surface area contributed by atoms with Crippen LogP contribution in [0.2, 0.25) is 0 Å². The first-order valence-electron chi connectivity index (χ1n) is 10.0. The quantitative estimate of drug-likeness (QED) is 0.400. The van der Waals surface area contributed by atoms with E-state index in [1.54, 1.807) is 12.1 Å². The van der Waals surface area contributed by atoms with Crippen LogP contribution < -0.4 is 0 Å². The molecule has 0 saturated heterocycles. The van der Waals surface area contributed by atoms with Crippen LogP contribution in [0.5, 0.6) is 11.5 Å². The SMILES string of the molecule is CCCCCCCCCCCC1=NCCN1C(=S)c1ccc(O)cc1O. The summed E-state index contributed by atoms with van der Waals surface area (Å²) in [6, 6.07) is 4.55. The van der Waals surface area contributed by atoms with Gasteiger partial charge in [-0.15, -0.1) is 0 Å². The van der Waals surface area contributed by atoms with Crippen molar-refractivity contribution in [1.29, 1.82) is 0 Å². The Labute approximate surface area is 163 Å². The Balaban J connectivity index is 1.72. The van der Waals surface area contributed by atoms with Crippen molar-refractivity contribution >= 4 is 23.0 Å². The van der Waals surface area contributed by atoms with Gasteiger partial charge >= 0.3 is 0 Å². The van der Waals surface area contributed by atoms with E-state index in [1.165, 1.54) is 57.4 Å². The summed E-state index contributed by atoms with van der Waals surface area (Å²) >= 11 is 5.56. The van der Waals surface area contributed by atoms with Crippen molar-refractivity contribution < 1.29 is 10.2 Å². The van der Waals surface area contributed by atoms with Crippen LogP contribution in [0.25, 0.3) is 0 Å². The molecule has 144 valence electrons. The van der Waals surface area contributed by atoms with E-state index >= 15 is 0 Å². The molecule has 1 aromatic carbocycles. The molecule has 0 aliphatic carbocycles. The van der Waals surface area contributed by atoms with Gasteiger partial charge in [-0.25, -0.2) is 0 Å². The van der Waals surface area contributed by atoms with Gasteiger partial charge in [0.25, 0.3) is 0 Å². The molecule has 5 heteroatoms. The lowest BCUT2D eigenvalue weighted by atomic mass is 10.1. The number of phenolic OH excluding ortho intramolecular Hbond substituents is 2. The number of aromatic hydroxyl groups is 2. The second-order valence-electron chi connectivity index (χ2n) is 7.03. The van der Waals surface area contributed by atoms with Crippen molar-refractivity contribution in [3.8, 4) is 11.5 Å². The number of hydrogen-bond acceptors (Lipinski definition) is 4. The Morgan fingerprint density at radius 1 is 1.04 bits per heavy atom. The van der Waals surface area contributed by atoms with Crippen LogP contribution in [-0.2, 0) is 0 Å². The van der Waals surface area contributed by atoms with Gasteiger partial charge in [0.05, 0.1) is 12.1 Å². The molecule has 1 aliphatic heterocycles. The van der Waals surface area contributed by atoms with E-state index in [-0.39, 0.29) is 11.5 Å². The van der Waals surface area contributed by atoms with Crippen molar-refractivity contribution in [2.24, 2.45) is 4.99 Å². The number of thiocarbonyl (C=S) groups is 1. The average Bonchev–Trinajstić information content (AvgIpc) is 3.08. The highest BCUT2D eigenvalue weighted by Crippen LogP contribution is 2.26. The second kappa shape index (κ2) is 11.2. The summed E-state index contributed by atoms with van der Waals surface area (Å²) in [5.41, 5.74) is 0.583. The zero-order valence-electron chi connectivity index (χ0n) is 15.9. The molecule has 1 aromatic rings. The molecule has 0 fully saturated rings. The van der Waals surface area contributed by atoms with E-state index in [1.807, 2.05) is 4.90 Å². The summed E-state index contributed by atoms with van der Waals surface area (Å²) in [6.07, 6.45) is 12.7. The molecule has 0 spiro atoms. The maximum absolute atomic E-state index is 10.0. The number of aliphatic imine (C=N–C) groups is 1. The fourth-order valence-electron chi connectivity index (χ4n) is 3.37. The van der Waals surface area contributed by atoms with Gasteiger partial charge in [-0.05, 0) is 18.6 Å². The van der Waals surface area contributed by atoms with Gasteiger partial charge in [0, 0.05) is 19.0 Å².